The molecule has 30 heavy (non-hydrogen) atoms. The number of rotatable bonds is 6. The van der Waals surface area contributed by atoms with Gasteiger partial charge in [0.2, 0.25) is 5.91 Å². The minimum Gasteiger partial charge on any atom is -0.464 e. The number of fused-ring (bicyclic) bond motifs is 1. The molecule has 0 saturated carbocycles. The van der Waals surface area contributed by atoms with Gasteiger partial charge in [0.05, 0.1) is 30.2 Å². The van der Waals surface area contributed by atoms with E-state index in [0.717, 1.165) is 16.7 Å². The van der Waals surface area contributed by atoms with Crippen molar-refractivity contribution in [3.8, 4) is 0 Å². The molecule has 0 aliphatic rings. The zero-order chi connectivity index (χ0) is 20.9. The minimum absolute atomic E-state index is 0.0335. The van der Waals surface area contributed by atoms with Crippen molar-refractivity contribution in [1.29, 1.82) is 0 Å². The van der Waals surface area contributed by atoms with Crippen LogP contribution in [0.3, 0.4) is 0 Å². The predicted octanol–water partition coefficient (Wildman–Crippen LogP) is 4.87. The Morgan fingerprint density at radius 3 is 2.23 bits per heavy atom. The molecule has 1 aromatic heterocycles. The van der Waals surface area contributed by atoms with Crippen LogP contribution >= 0.6 is 0 Å². The maximum atomic E-state index is 13.1. The van der Waals surface area contributed by atoms with Crippen molar-refractivity contribution in [1.82, 2.24) is 4.90 Å². The Morgan fingerprint density at radius 1 is 0.867 bits per heavy atom. The molecule has 3 aromatic carbocycles. The van der Waals surface area contributed by atoms with Gasteiger partial charge >= 0.3 is 0 Å². The molecule has 4 nitrogen and oxygen atoms in total. The predicted molar refractivity (Wildman–Crippen MR) is 118 cm³/mol. The van der Waals surface area contributed by atoms with Crippen molar-refractivity contribution in [2.75, 3.05) is 0 Å². The minimum atomic E-state index is -0.0921. The lowest BCUT2D eigenvalue weighted by Crippen LogP contribution is -2.33. The van der Waals surface area contributed by atoms with E-state index in [9.17, 15) is 9.59 Å². The first-order chi connectivity index (χ1) is 14.6. The Hall–Kier alpha value is -3.66. The van der Waals surface area contributed by atoms with E-state index >= 15 is 0 Å². The van der Waals surface area contributed by atoms with E-state index in [2.05, 4.69) is 0 Å². The van der Waals surface area contributed by atoms with Gasteiger partial charge in [-0.2, -0.15) is 0 Å². The molecule has 0 aliphatic heterocycles. The fourth-order valence-corrected chi connectivity index (χ4v) is 3.52. The summed E-state index contributed by atoms with van der Waals surface area (Å²) < 4.78 is 5.69. The highest BCUT2D eigenvalue weighted by Crippen LogP contribution is 2.16. The van der Waals surface area contributed by atoms with Crippen LogP contribution in [0.5, 0.6) is 0 Å². The largest absolute Gasteiger partial charge is 0.464 e. The number of aryl methyl sites for hydroxylation is 1. The fraction of sp³-hybridized carbons (Fsp3) is 0.154. The molecule has 0 bridgehead atoms. The Kier molecular flexibility index (Phi) is 5.75. The molecular formula is C26H23NO3. The number of carbonyl (C=O) groups excluding carboxylic acids is 1. The van der Waals surface area contributed by atoms with Gasteiger partial charge < -0.3 is 9.32 Å². The fourth-order valence-electron chi connectivity index (χ4n) is 3.52. The standard InChI is InChI=1S/C26H23NO3/c1-19-12-13-24-23(14-19)26(29)22(18-30-24)17-27(16-21-10-6-3-7-11-21)25(28)15-20-8-4-2-5-9-20/h2-14,18H,15-17H2,1H3. The Morgan fingerprint density at radius 2 is 1.53 bits per heavy atom. The summed E-state index contributed by atoms with van der Waals surface area (Å²) >= 11 is 0. The van der Waals surface area contributed by atoms with Gasteiger partial charge in [0, 0.05) is 6.54 Å². The molecule has 4 heteroatoms. The Bertz CT molecular complexity index is 1210. The first kappa shape index (κ1) is 19.6. The highest BCUT2D eigenvalue weighted by atomic mass is 16.3. The second kappa shape index (κ2) is 8.78. The van der Waals surface area contributed by atoms with E-state index in [-0.39, 0.29) is 24.3 Å². The summed E-state index contributed by atoms with van der Waals surface area (Å²) in [4.78, 5) is 27.9. The van der Waals surface area contributed by atoms with Gasteiger partial charge in [-0.25, -0.2) is 0 Å². The zero-order valence-corrected chi connectivity index (χ0v) is 16.9. The first-order valence-corrected chi connectivity index (χ1v) is 9.97. The van der Waals surface area contributed by atoms with E-state index < -0.39 is 0 Å². The van der Waals surface area contributed by atoms with Crippen molar-refractivity contribution < 1.29 is 9.21 Å². The number of benzene rings is 3. The van der Waals surface area contributed by atoms with Gasteiger partial charge in [-0.15, -0.1) is 0 Å². The first-order valence-electron chi connectivity index (χ1n) is 9.97. The Labute approximate surface area is 175 Å². The second-order valence-corrected chi connectivity index (χ2v) is 7.49. The van der Waals surface area contributed by atoms with Crippen molar-refractivity contribution in [2.24, 2.45) is 0 Å². The number of carbonyl (C=O) groups is 1. The highest BCUT2D eigenvalue weighted by molar-refractivity contribution is 5.80. The van der Waals surface area contributed by atoms with Crippen LogP contribution in [-0.4, -0.2) is 10.8 Å². The monoisotopic (exact) mass is 397 g/mol. The molecule has 4 aromatic rings. The van der Waals surface area contributed by atoms with E-state index in [1.54, 1.807) is 11.0 Å². The molecule has 150 valence electrons. The summed E-state index contributed by atoms with van der Waals surface area (Å²) in [5.74, 6) is -0.0335. The smallest absolute Gasteiger partial charge is 0.227 e. The third-order valence-electron chi connectivity index (χ3n) is 5.13. The van der Waals surface area contributed by atoms with Gasteiger partial charge in [0.15, 0.2) is 5.43 Å². The van der Waals surface area contributed by atoms with Crippen LogP contribution in [-0.2, 0) is 24.3 Å². The maximum absolute atomic E-state index is 13.1. The molecule has 1 amide bonds. The molecule has 0 N–H and O–H groups in total. The topological polar surface area (TPSA) is 50.5 Å². The third-order valence-corrected chi connectivity index (χ3v) is 5.13. The molecule has 4 rings (SSSR count). The van der Waals surface area contributed by atoms with Crippen molar-refractivity contribution in [2.45, 2.75) is 26.4 Å². The van der Waals surface area contributed by atoms with Crippen LogP contribution in [0.15, 0.2) is 94.3 Å². The summed E-state index contributed by atoms with van der Waals surface area (Å²) in [6.45, 7) is 2.57. The average molecular weight is 397 g/mol. The van der Waals surface area contributed by atoms with Gasteiger partial charge in [-0.05, 0) is 30.2 Å². The van der Waals surface area contributed by atoms with E-state index in [1.807, 2.05) is 79.7 Å². The zero-order valence-electron chi connectivity index (χ0n) is 16.9. The molecular weight excluding hydrogens is 374 g/mol. The second-order valence-electron chi connectivity index (χ2n) is 7.49. The van der Waals surface area contributed by atoms with Crippen LogP contribution in [0.1, 0.15) is 22.3 Å². The van der Waals surface area contributed by atoms with E-state index in [0.29, 0.717) is 23.1 Å². The van der Waals surface area contributed by atoms with E-state index in [1.165, 1.54) is 6.26 Å². The van der Waals surface area contributed by atoms with Gasteiger partial charge in [0.25, 0.3) is 0 Å². The molecule has 0 atom stereocenters. The lowest BCUT2D eigenvalue weighted by molar-refractivity contribution is -0.131. The normalized spacial score (nSPS) is 10.8. The molecule has 0 radical (unpaired) electrons. The van der Waals surface area contributed by atoms with Crippen LogP contribution < -0.4 is 5.43 Å². The number of nitrogens with zero attached hydrogens (tertiary/aromatic N) is 1. The molecule has 0 spiro atoms. The summed E-state index contributed by atoms with van der Waals surface area (Å²) in [6.07, 6.45) is 1.76. The van der Waals surface area contributed by atoms with Crippen molar-refractivity contribution in [3.63, 3.8) is 0 Å². The third kappa shape index (κ3) is 4.49. The van der Waals surface area contributed by atoms with Gasteiger partial charge in [-0.1, -0.05) is 72.3 Å². The van der Waals surface area contributed by atoms with E-state index in [4.69, 9.17) is 4.42 Å². The number of hydrogen-bond donors (Lipinski definition) is 0. The molecule has 1 heterocycles. The van der Waals surface area contributed by atoms with Crippen LogP contribution in [0.2, 0.25) is 0 Å². The van der Waals surface area contributed by atoms with Crippen molar-refractivity contribution in [3.05, 3.63) is 118 Å². The van der Waals surface area contributed by atoms with Gasteiger partial charge in [-0.3, -0.25) is 9.59 Å². The van der Waals surface area contributed by atoms with Crippen LogP contribution in [0.4, 0.5) is 0 Å². The highest BCUT2D eigenvalue weighted by Gasteiger charge is 2.18. The summed E-state index contributed by atoms with van der Waals surface area (Å²) in [7, 11) is 0. The number of hydrogen-bond acceptors (Lipinski definition) is 3. The maximum Gasteiger partial charge on any atom is 0.227 e. The lowest BCUT2D eigenvalue weighted by atomic mass is 10.1. The summed E-state index contributed by atoms with van der Waals surface area (Å²) in [5, 5.41) is 0.544. The SMILES string of the molecule is Cc1ccc2occ(CN(Cc3ccccc3)C(=O)Cc3ccccc3)c(=O)c2c1. The summed E-state index contributed by atoms with van der Waals surface area (Å²) in [6, 6.07) is 25.0. The van der Waals surface area contributed by atoms with Gasteiger partial charge in [0.1, 0.15) is 5.58 Å². The molecule has 0 fully saturated rings. The number of amides is 1. The van der Waals surface area contributed by atoms with Crippen molar-refractivity contribution >= 4 is 16.9 Å². The molecule has 0 unspecified atom stereocenters. The molecule has 0 aliphatic carbocycles. The van der Waals surface area contributed by atoms with Crippen LogP contribution in [0, 0.1) is 6.92 Å². The Balaban J connectivity index is 1.65. The molecule has 0 saturated heterocycles. The quantitative estimate of drug-likeness (QED) is 0.466. The lowest BCUT2D eigenvalue weighted by Gasteiger charge is -2.23. The van der Waals surface area contributed by atoms with Crippen LogP contribution in [0.25, 0.3) is 11.0 Å². The summed E-state index contributed by atoms with van der Waals surface area (Å²) in [5.41, 5.74) is 3.89. The average Bonchev–Trinajstić information content (AvgIpc) is 2.77.